The highest BCUT2D eigenvalue weighted by molar-refractivity contribution is 7.13. The van der Waals surface area contributed by atoms with Crippen LogP contribution in [0.5, 0.6) is 0 Å². The summed E-state index contributed by atoms with van der Waals surface area (Å²) in [6.07, 6.45) is 4.40. The van der Waals surface area contributed by atoms with E-state index in [-0.39, 0.29) is 11.3 Å². The van der Waals surface area contributed by atoms with Crippen molar-refractivity contribution in [1.82, 2.24) is 4.98 Å². The molecule has 0 N–H and O–H groups in total. The molecule has 3 aromatic rings. The van der Waals surface area contributed by atoms with Crippen molar-refractivity contribution >= 4 is 33.8 Å². The molecule has 0 bridgehead atoms. The lowest BCUT2D eigenvalue weighted by atomic mass is 9.67. The zero-order chi connectivity index (χ0) is 18.3. The van der Waals surface area contributed by atoms with Crippen molar-refractivity contribution in [1.29, 1.82) is 0 Å². The van der Waals surface area contributed by atoms with E-state index in [4.69, 9.17) is 0 Å². The molecule has 2 aromatic carbocycles. The highest BCUT2D eigenvalue weighted by Crippen LogP contribution is 2.49. The average Bonchev–Trinajstić information content (AvgIpc) is 3.24. The average molecular weight is 375 g/mol. The van der Waals surface area contributed by atoms with Crippen LogP contribution in [0.1, 0.15) is 24.8 Å². The molecule has 0 radical (unpaired) electrons. The second-order valence-electron chi connectivity index (χ2n) is 7.34. The summed E-state index contributed by atoms with van der Waals surface area (Å²) in [6, 6.07) is 18.4. The minimum absolute atomic E-state index is 0.0628. The van der Waals surface area contributed by atoms with Crippen LogP contribution in [0.25, 0.3) is 0 Å². The van der Waals surface area contributed by atoms with Crippen LogP contribution in [-0.4, -0.2) is 24.0 Å². The Bertz CT molecular complexity index is 947. The number of para-hydroxylation sites is 2. The summed E-state index contributed by atoms with van der Waals surface area (Å²) >= 11 is 1.69. The summed E-state index contributed by atoms with van der Waals surface area (Å²) in [4.78, 5) is 21.9. The zero-order valence-corrected chi connectivity index (χ0v) is 15.9. The number of anilines is 3. The molecular formula is C22H21N3OS. The Balaban J connectivity index is 1.51. The molecule has 2 aliphatic heterocycles. The Morgan fingerprint density at radius 2 is 1.70 bits per heavy atom. The summed E-state index contributed by atoms with van der Waals surface area (Å²) in [5, 5.41) is 3.11. The number of fused-ring (bicyclic) bond motifs is 2. The van der Waals surface area contributed by atoms with E-state index in [1.54, 1.807) is 11.3 Å². The summed E-state index contributed by atoms with van der Waals surface area (Å²) in [5.41, 5.74) is 3.24. The maximum atomic E-state index is 13.2. The SMILES string of the molecule is O=C1CC2(CCN(c3nccs3)CC2)c2ccccc2N1c1ccccc1. The molecule has 5 rings (SSSR count). The van der Waals surface area contributed by atoms with E-state index < -0.39 is 0 Å². The van der Waals surface area contributed by atoms with Gasteiger partial charge in [0.1, 0.15) is 0 Å². The molecule has 1 saturated heterocycles. The lowest BCUT2D eigenvalue weighted by Gasteiger charge is -2.47. The number of amides is 1. The fourth-order valence-corrected chi connectivity index (χ4v) is 5.22. The largest absolute Gasteiger partial charge is 0.348 e. The van der Waals surface area contributed by atoms with Gasteiger partial charge >= 0.3 is 0 Å². The van der Waals surface area contributed by atoms with E-state index in [0.29, 0.717) is 6.42 Å². The maximum absolute atomic E-state index is 13.2. The third kappa shape index (κ3) is 2.73. The molecule has 1 spiro atoms. The van der Waals surface area contributed by atoms with Gasteiger partial charge in [-0.05, 0) is 36.6 Å². The predicted octanol–water partition coefficient (Wildman–Crippen LogP) is 4.75. The highest BCUT2D eigenvalue weighted by Gasteiger charge is 2.45. The molecule has 5 heteroatoms. The number of nitrogens with zero attached hydrogens (tertiary/aromatic N) is 3. The fourth-order valence-electron chi connectivity index (χ4n) is 4.52. The van der Waals surface area contributed by atoms with Crippen molar-refractivity contribution in [2.45, 2.75) is 24.7 Å². The first-order chi connectivity index (χ1) is 13.3. The number of hydrogen-bond acceptors (Lipinski definition) is 4. The Labute approximate surface area is 163 Å². The van der Waals surface area contributed by atoms with Gasteiger partial charge in [-0.2, -0.15) is 0 Å². The first-order valence-electron chi connectivity index (χ1n) is 9.39. The van der Waals surface area contributed by atoms with E-state index in [2.05, 4.69) is 28.1 Å². The second-order valence-corrected chi connectivity index (χ2v) is 8.21. The van der Waals surface area contributed by atoms with Crippen LogP contribution in [0.2, 0.25) is 0 Å². The number of thiazole rings is 1. The van der Waals surface area contributed by atoms with E-state index >= 15 is 0 Å². The van der Waals surface area contributed by atoms with Gasteiger partial charge < -0.3 is 4.90 Å². The maximum Gasteiger partial charge on any atom is 0.232 e. The van der Waals surface area contributed by atoms with Gasteiger partial charge in [0.05, 0.1) is 5.69 Å². The van der Waals surface area contributed by atoms with Gasteiger partial charge in [-0.3, -0.25) is 9.69 Å². The molecule has 1 aromatic heterocycles. The molecule has 1 amide bonds. The van der Waals surface area contributed by atoms with E-state index in [1.165, 1.54) is 5.56 Å². The summed E-state index contributed by atoms with van der Waals surface area (Å²) in [5.74, 6) is 0.197. The standard InChI is InChI=1S/C22H21N3OS/c26-20-16-22(10-13-24(14-11-22)21-23-12-15-27-21)18-8-4-5-9-19(18)25(20)17-6-2-1-3-7-17/h1-9,12,15H,10-11,13-14,16H2. The first kappa shape index (κ1) is 16.5. The molecule has 27 heavy (non-hydrogen) atoms. The molecule has 2 aliphatic rings. The minimum atomic E-state index is -0.0628. The smallest absolute Gasteiger partial charge is 0.232 e. The Kier molecular flexibility index (Phi) is 3.97. The van der Waals surface area contributed by atoms with Crippen LogP contribution >= 0.6 is 11.3 Å². The highest BCUT2D eigenvalue weighted by atomic mass is 32.1. The van der Waals surface area contributed by atoms with Crippen molar-refractivity contribution in [2.75, 3.05) is 22.9 Å². The number of rotatable bonds is 2. The van der Waals surface area contributed by atoms with Gasteiger partial charge in [0.15, 0.2) is 5.13 Å². The summed E-state index contributed by atoms with van der Waals surface area (Å²) in [7, 11) is 0. The van der Waals surface area contributed by atoms with Crippen LogP contribution < -0.4 is 9.80 Å². The molecular weight excluding hydrogens is 354 g/mol. The normalized spacial score (nSPS) is 18.6. The van der Waals surface area contributed by atoms with Crippen molar-refractivity contribution in [3.05, 3.63) is 71.7 Å². The van der Waals surface area contributed by atoms with Crippen LogP contribution in [0.4, 0.5) is 16.5 Å². The summed E-state index contributed by atoms with van der Waals surface area (Å²) < 4.78 is 0. The van der Waals surface area contributed by atoms with Crippen molar-refractivity contribution < 1.29 is 4.79 Å². The van der Waals surface area contributed by atoms with Crippen LogP contribution in [0.15, 0.2) is 66.2 Å². The third-order valence-corrected chi connectivity index (χ3v) is 6.71. The Morgan fingerprint density at radius 3 is 2.44 bits per heavy atom. The molecule has 0 aliphatic carbocycles. The van der Waals surface area contributed by atoms with Gasteiger partial charge in [0.2, 0.25) is 5.91 Å². The number of piperidine rings is 1. The van der Waals surface area contributed by atoms with Crippen molar-refractivity contribution in [3.63, 3.8) is 0 Å². The van der Waals surface area contributed by atoms with Gasteiger partial charge in [-0.15, -0.1) is 11.3 Å². The quantitative estimate of drug-likeness (QED) is 0.648. The van der Waals surface area contributed by atoms with Gasteiger partial charge in [-0.25, -0.2) is 4.98 Å². The third-order valence-electron chi connectivity index (χ3n) is 5.88. The Hall–Kier alpha value is -2.66. The first-order valence-corrected chi connectivity index (χ1v) is 10.3. The molecule has 4 nitrogen and oxygen atoms in total. The minimum Gasteiger partial charge on any atom is -0.348 e. The van der Waals surface area contributed by atoms with Crippen molar-refractivity contribution in [3.8, 4) is 0 Å². The molecule has 136 valence electrons. The topological polar surface area (TPSA) is 36.4 Å². The molecule has 3 heterocycles. The summed E-state index contributed by atoms with van der Waals surface area (Å²) in [6.45, 7) is 1.89. The van der Waals surface area contributed by atoms with Crippen molar-refractivity contribution in [2.24, 2.45) is 0 Å². The zero-order valence-electron chi connectivity index (χ0n) is 15.0. The number of hydrogen-bond donors (Lipinski definition) is 0. The van der Waals surface area contributed by atoms with E-state index in [9.17, 15) is 4.79 Å². The monoisotopic (exact) mass is 375 g/mol. The molecule has 0 atom stereocenters. The molecule has 0 unspecified atom stereocenters. The van der Waals surface area contributed by atoms with Crippen LogP contribution in [-0.2, 0) is 10.2 Å². The van der Waals surface area contributed by atoms with Crippen LogP contribution in [0, 0.1) is 0 Å². The second kappa shape index (κ2) is 6.50. The van der Waals surface area contributed by atoms with Crippen LogP contribution in [0.3, 0.4) is 0 Å². The predicted molar refractivity (Wildman–Crippen MR) is 110 cm³/mol. The van der Waals surface area contributed by atoms with Gasteiger partial charge in [-0.1, -0.05) is 36.4 Å². The molecule has 1 fully saturated rings. The van der Waals surface area contributed by atoms with E-state index in [1.807, 2.05) is 52.9 Å². The number of carbonyl (C=O) groups excluding carboxylic acids is 1. The molecule has 0 saturated carbocycles. The van der Waals surface area contributed by atoms with Gasteiger partial charge in [0.25, 0.3) is 0 Å². The Morgan fingerprint density at radius 1 is 0.963 bits per heavy atom. The lowest BCUT2D eigenvalue weighted by molar-refractivity contribution is -0.119. The van der Waals surface area contributed by atoms with Gasteiger partial charge in [0, 0.05) is 42.2 Å². The fraction of sp³-hybridized carbons (Fsp3) is 0.273. The van der Waals surface area contributed by atoms with E-state index in [0.717, 1.165) is 42.4 Å². The number of benzene rings is 2. The number of aromatic nitrogens is 1. The number of carbonyl (C=O) groups is 1. The lowest BCUT2D eigenvalue weighted by Crippen LogP contribution is -2.49.